The Kier molecular flexibility index (Phi) is 6.10. The van der Waals surface area contributed by atoms with Crippen LogP contribution in [0.25, 0.3) is 0 Å². The summed E-state index contributed by atoms with van der Waals surface area (Å²) in [6.07, 6.45) is 1.59. The topological polar surface area (TPSA) is 111 Å². The lowest BCUT2D eigenvalue weighted by Gasteiger charge is -2.26. The Balaban J connectivity index is 1.69. The number of esters is 1. The Morgan fingerprint density at radius 1 is 1.19 bits per heavy atom. The highest BCUT2D eigenvalue weighted by molar-refractivity contribution is 5.90. The zero-order chi connectivity index (χ0) is 19.1. The molecule has 1 saturated heterocycles. The number of hydrogen-bond acceptors (Lipinski definition) is 10. The number of benzene rings is 1. The molecule has 10 heteroatoms. The van der Waals surface area contributed by atoms with Crippen molar-refractivity contribution >= 4 is 24.1 Å². The van der Waals surface area contributed by atoms with Gasteiger partial charge in [0.15, 0.2) is 0 Å². The molecule has 142 valence electrons. The number of hydrogen-bond donors (Lipinski definition) is 1. The van der Waals surface area contributed by atoms with Crippen LogP contribution in [-0.4, -0.2) is 67.7 Å². The van der Waals surface area contributed by atoms with Gasteiger partial charge in [0.1, 0.15) is 0 Å². The van der Waals surface area contributed by atoms with Crippen molar-refractivity contribution < 1.29 is 19.0 Å². The molecule has 1 aliphatic heterocycles. The highest BCUT2D eigenvalue weighted by Crippen LogP contribution is 2.16. The fourth-order valence-electron chi connectivity index (χ4n) is 2.38. The van der Waals surface area contributed by atoms with E-state index >= 15 is 0 Å². The van der Waals surface area contributed by atoms with Gasteiger partial charge in [-0.25, -0.2) is 10.2 Å². The summed E-state index contributed by atoms with van der Waals surface area (Å²) in [6.45, 7) is 2.64. The van der Waals surface area contributed by atoms with Crippen molar-refractivity contribution in [3.05, 3.63) is 35.4 Å². The molecule has 1 aromatic carbocycles. The monoisotopic (exact) mass is 372 g/mol. The first-order valence-electron chi connectivity index (χ1n) is 8.30. The molecule has 3 rings (SSSR count). The summed E-state index contributed by atoms with van der Waals surface area (Å²) in [5.74, 6) is 0.389. The van der Waals surface area contributed by atoms with Crippen molar-refractivity contribution in [1.82, 2.24) is 15.0 Å². The summed E-state index contributed by atoms with van der Waals surface area (Å²) in [7, 11) is 2.84. The number of rotatable bonds is 6. The zero-order valence-corrected chi connectivity index (χ0v) is 15.1. The fraction of sp³-hybridized carbons (Fsp3) is 0.353. The summed E-state index contributed by atoms with van der Waals surface area (Å²) >= 11 is 0. The molecular formula is C17H20N6O4. The largest absolute Gasteiger partial charge is 0.467 e. The van der Waals surface area contributed by atoms with Gasteiger partial charge in [0, 0.05) is 13.1 Å². The van der Waals surface area contributed by atoms with E-state index in [2.05, 4.69) is 30.2 Å². The summed E-state index contributed by atoms with van der Waals surface area (Å²) in [4.78, 5) is 26.2. The first kappa shape index (κ1) is 18.5. The van der Waals surface area contributed by atoms with E-state index in [4.69, 9.17) is 9.47 Å². The van der Waals surface area contributed by atoms with Crippen LogP contribution in [0.15, 0.2) is 29.4 Å². The second kappa shape index (κ2) is 8.90. The highest BCUT2D eigenvalue weighted by Gasteiger charge is 2.16. The highest BCUT2D eigenvalue weighted by atomic mass is 16.5. The normalized spacial score (nSPS) is 14.2. The maximum absolute atomic E-state index is 11.4. The number of carbonyl (C=O) groups is 1. The molecule has 2 aromatic rings. The maximum Gasteiger partial charge on any atom is 0.337 e. The van der Waals surface area contributed by atoms with Crippen LogP contribution in [0.3, 0.4) is 0 Å². The van der Waals surface area contributed by atoms with E-state index in [1.54, 1.807) is 30.5 Å². The van der Waals surface area contributed by atoms with Gasteiger partial charge in [-0.05, 0) is 17.7 Å². The Morgan fingerprint density at radius 3 is 2.59 bits per heavy atom. The van der Waals surface area contributed by atoms with E-state index in [0.717, 1.165) is 5.56 Å². The predicted molar refractivity (Wildman–Crippen MR) is 98.4 cm³/mol. The minimum absolute atomic E-state index is 0.201. The van der Waals surface area contributed by atoms with Gasteiger partial charge >= 0.3 is 12.0 Å². The van der Waals surface area contributed by atoms with Gasteiger partial charge in [-0.3, -0.25) is 0 Å². The minimum atomic E-state index is -0.385. The van der Waals surface area contributed by atoms with Gasteiger partial charge in [0.2, 0.25) is 5.95 Å². The van der Waals surface area contributed by atoms with Crippen LogP contribution in [0.5, 0.6) is 6.01 Å². The van der Waals surface area contributed by atoms with Crippen LogP contribution in [0.4, 0.5) is 11.9 Å². The zero-order valence-electron chi connectivity index (χ0n) is 15.1. The third-order valence-corrected chi connectivity index (χ3v) is 3.79. The van der Waals surface area contributed by atoms with Crippen LogP contribution in [0.2, 0.25) is 0 Å². The Labute approximate surface area is 156 Å². The van der Waals surface area contributed by atoms with Crippen LogP contribution in [0, 0.1) is 0 Å². The van der Waals surface area contributed by atoms with Gasteiger partial charge in [-0.1, -0.05) is 12.1 Å². The number of nitrogens with zero attached hydrogens (tertiary/aromatic N) is 5. The molecule has 0 spiro atoms. The van der Waals surface area contributed by atoms with Crippen LogP contribution >= 0.6 is 0 Å². The number of methoxy groups -OCH3 is 2. The van der Waals surface area contributed by atoms with Crippen LogP contribution < -0.4 is 15.1 Å². The van der Waals surface area contributed by atoms with E-state index in [0.29, 0.717) is 37.8 Å². The standard InChI is InChI=1S/C17H20N6O4/c1-25-14(24)13-5-3-12(4-6-13)11-18-22-15-19-16(21-17(20-15)26-2)23-7-9-27-10-8-23/h3-6,11H,7-10H2,1-2H3,(H,19,20,21,22)/b18-11-. The lowest BCUT2D eigenvalue weighted by Crippen LogP contribution is -2.37. The predicted octanol–water partition coefficient (Wildman–Crippen LogP) is 0.949. The number of anilines is 2. The number of aromatic nitrogens is 3. The molecule has 27 heavy (non-hydrogen) atoms. The van der Waals surface area contributed by atoms with Gasteiger partial charge in [-0.2, -0.15) is 20.1 Å². The Bertz CT molecular complexity index is 806. The molecule has 0 radical (unpaired) electrons. The molecule has 1 N–H and O–H groups in total. The number of hydrazone groups is 1. The number of ether oxygens (including phenoxy) is 3. The summed E-state index contributed by atoms with van der Waals surface area (Å²) < 4.78 is 15.1. The molecule has 0 saturated carbocycles. The average molecular weight is 372 g/mol. The number of nitrogens with one attached hydrogen (secondary N) is 1. The van der Waals surface area contributed by atoms with Crippen molar-refractivity contribution in [3.63, 3.8) is 0 Å². The van der Waals surface area contributed by atoms with Gasteiger partial charge < -0.3 is 19.1 Å². The molecular weight excluding hydrogens is 352 g/mol. The summed E-state index contributed by atoms with van der Waals surface area (Å²) in [6, 6.07) is 7.03. The van der Waals surface area contributed by atoms with Crippen LogP contribution in [0.1, 0.15) is 15.9 Å². The average Bonchev–Trinajstić information content (AvgIpc) is 2.74. The fourth-order valence-corrected chi connectivity index (χ4v) is 2.38. The Morgan fingerprint density at radius 2 is 1.93 bits per heavy atom. The van der Waals surface area contributed by atoms with Crippen LogP contribution in [-0.2, 0) is 9.47 Å². The number of carbonyl (C=O) groups excluding carboxylic acids is 1. The molecule has 0 bridgehead atoms. The number of morpholine rings is 1. The lowest BCUT2D eigenvalue weighted by molar-refractivity contribution is 0.0600. The third-order valence-electron chi connectivity index (χ3n) is 3.79. The summed E-state index contributed by atoms with van der Waals surface area (Å²) in [5, 5.41) is 4.13. The molecule has 2 heterocycles. The molecule has 1 fully saturated rings. The molecule has 0 amide bonds. The first-order chi connectivity index (χ1) is 13.2. The van der Waals surface area contributed by atoms with Gasteiger partial charge in [0.25, 0.3) is 5.95 Å². The van der Waals surface area contributed by atoms with Crippen molar-refractivity contribution in [1.29, 1.82) is 0 Å². The maximum atomic E-state index is 11.4. The molecule has 10 nitrogen and oxygen atoms in total. The van der Waals surface area contributed by atoms with Crippen molar-refractivity contribution in [2.45, 2.75) is 0 Å². The van der Waals surface area contributed by atoms with E-state index in [9.17, 15) is 4.79 Å². The Hall–Kier alpha value is -3.27. The van der Waals surface area contributed by atoms with Crippen molar-refractivity contribution in [3.8, 4) is 6.01 Å². The molecule has 0 unspecified atom stereocenters. The van der Waals surface area contributed by atoms with Gasteiger partial charge in [-0.15, -0.1) is 0 Å². The second-order valence-corrected chi connectivity index (χ2v) is 5.53. The minimum Gasteiger partial charge on any atom is -0.467 e. The van der Waals surface area contributed by atoms with Crippen molar-refractivity contribution in [2.24, 2.45) is 5.10 Å². The van der Waals surface area contributed by atoms with Crippen molar-refractivity contribution in [2.75, 3.05) is 50.8 Å². The van der Waals surface area contributed by atoms with E-state index in [1.807, 2.05) is 4.90 Å². The molecule has 0 atom stereocenters. The summed E-state index contributed by atoms with van der Waals surface area (Å²) in [5.41, 5.74) is 4.04. The molecule has 1 aromatic heterocycles. The molecule has 1 aliphatic rings. The second-order valence-electron chi connectivity index (χ2n) is 5.53. The van der Waals surface area contributed by atoms with E-state index in [-0.39, 0.29) is 17.9 Å². The molecule has 0 aliphatic carbocycles. The third kappa shape index (κ3) is 4.88. The van der Waals surface area contributed by atoms with E-state index in [1.165, 1.54) is 14.2 Å². The van der Waals surface area contributed by atoms with E-state index < -0.39 is 0 Å². The first-order valence-corrected chi connectivity index (χ1v) is 8.30. The quantitative estimate of drug-likeness (QED) is 0.450. The smallest absolute Gasteiger partial charge is 0.337 e. The lowest BCUT2D eigenvalue weighted by atomic mass is 10.1. The van der Waals surface area contributed by atoms with Gasteiger partial charge in [0.05, 0.1) is 39.2 Å². The SMILES string of the molecule is COC(=O)c1ccc(/C=N\Nc2nc(OC)nc(N3CCOCC3)n2)cc1.